The van der Waals surface area contributed by atoms with E-state index in [-0.39, 0.29) is 23.8 Å². The molecule has 3 atom stereocenters. The predicted octanol–water partition coefficient (Wildman–Crippen LogP) is 2.71. The molecule has 2 fully saturated rings. The zero-order valence-corrected chi connectivity index (χ0v) is 16.5. The van der Waals surface area contributed by atoms with E-state index in [1.165, 1.54) is 0 Å². The lowest BCUT2D eigenvalue weighted by Crippen LogP contribution is -2.63. The topological polar surface area (TPSA) is 52.7 Å². The summed E-state index contributed by atoms with van der Waals surface area (Å²) in [6, 6.07) is 19.6. The maximum absolute atomic E-state index is 13.5. The molecule has 0 aliphatic carbocycles. The van der Waals surface area contributed by atoms with Gasteiger partial charge in [0.25, 0.3) is 5.91 Å². The van der Waals surface area contributed by atoms with Gasteiger partial charge in [-0.25, -0.2) is 0 Å². The summed E-state index contributed by atoms with van der Waals surface area (Å²) in [5, 5.41) is 3.25. The summed E-state index contributed by atoms with van der Waals surface area (Å²) >= 11 is 0. The average molecular weight is 377 g/mol. The van der Waals surface area contributed by atoms with Crippen molar-refractivity contribution in [1.82, 2.24) is 15.1 Å². The van der Waals surface area contributed by atoms with Gasteiger partial charge in [-0.3, -0.25) is 9.59 Å². The maximum Gasteiger partial charge on any atom is 0.254 e. The molecular formula is C23H27N3O2. The van der Waals surface area contributed by atoms with Crippen LogP contribution in [0.5, 0.6) is 0 Å². The van der Waals surface area contributed by atoms with E-state index in [1.54, 1.807) is 6.92 Å². The third-order valence-electron chi connectivity index (χ3n) is 6.10. The molecule has 2 aliphatic rings. The standard InChI is InChI=1S/C23H27N3O2/c1-17(27)24-23-15-25(2)14-13-20(23)21(18-9-5-3-6-10-18)26(16-23)22(28)19-11-7-4-8-12-19/h3-12,20-21H,13-16H2,1-2H3,(H,24,27)/t20-,21-,23-/m1/s1. The van der Waals surface area contributed by atoms with E-state index in [0.717, 1.165) is 25.1 Å². The smallest absolute Gasteiger partial charge is 0.254 e. The first-order valence-corrected chi connectivity index (χ1v) is 9.88. The van der Waals surface area contributed by atoms with Crippen LogP contribution < -0.4 is 5.32 Å². The number of likely N-dealkylation sites (N-methyl/N-ethyl adjacent to an activating group) is 1. The molecule has 0 spiro atoms. The molecule has 0 unspecified atom stereocenters. The van der Waals surface area contributed by atoms with Crippen LogP contribution in [0.2, 0.25) is 0 Å². The third-order valence-corrected chi connectivity index (χ3v) is 6.10. The number of carbonyl (C=O) groups is 2. The Morgan fingerprint density at radius 3 is 2.29 bits per heavy atom. The van der Waals surface area contributed by atoms with Gasteiger partial charge in [-0.15, -0.1) is 0 Å². The lowest BCUT2D eigenvalue weighted by atomic mass is 9.76. The van der Waals surface area contributed by atoms with Crippen LogP contribution in [0, 0.1) is 5.92 Å². The molecule has 5 nitrogen and oxygen atoms in total. The minimum Gasteiger partial charge on any atom is -0.347 e. The number of hydrogen-bond acceptors (Lipinski definition) is 3. The molecule has 2 amide bonds. The molecule has 146 valence electrons. The van der Waals surface area contributed by atoms with Gasteiger partial charge in [0.2, 0.25) is 5.91 Å². The Morgan fingerprint density at radius 1 is 1.00 bits per heavy atom. The van der Waals surface area contributed by atoms with E-state index in [2.05, 4.69) is 29.4 Å². The van der Waals surface area contributed by atoms with Crippen molar-refractivity contribution in [2.24, 2.45) is 5.92 Å². The van der Waals surface area contributed by atoms with Crippen molar-refractivity contribution >= 4 is 11.8 Å². The third kappa shape index (κ3) is 3.31. The normalized spacial score (nSPS) is 27.3. The van der Waals surface area contributed by atoms with Crippen LogP contribution in [-0.2, 0) is 4.79 Å². The lowest BCUT2D eigenvalue weighted by molar-refractivity contribution is -0.122. The molecule has 2 saturated heterocycles. The highest BCUT2D eigenvalue weighted by Gasteiger charge is 2.56. The molecule has 0 aromatic heterocycles. The largest absolute Gasteiger partial charge is 0.347 e. The van der Waals surface area contributed by atoms with E-state index >= 15 is 0 Å². The van der Waals surface area contributed by atoms with E-state index in [9.17, 15) is 9.59 Å². The molecule has 0 radical (unpaired) electrons. The molecule has 2 aromatic carbocycles. The van der Waals surface area contributed by atoms with Crippen LogP contribution in [0.3, 0.4) is 0 Å². The highest BCUT2D eigenvalue weighted by atomic mass is 16.2. The summed E-state index contributed by atoms with van der Waals surface area (Å²) in [7, 11) is 2.08. The molecule has 2 aliphatic heterocycles. The molecule has 28 heavy (non-hydrogen) atoms. The molecule has 1 N–H and O–H groups in total. The van der Waals surface area contributed by atoms with Crippen molar-refractivity contribution in [1.29, 1.82) is 0 Å². The minimum absolute atomic E-state index is 0.0243. The van der Waals surface area contributed by atoms with Crippen molar-refractivity contribution in [3.8, 4) is 0 Å². The van der Waals surface area contributed by atoms with Gasteiger partial charge in [-0.2, -0.15) is 0 Å². The number of benzene rings is 2. The number of nitrogens with one attached hydrogen (secondary N) is 1. The zero-order chi connectivity index (χ0) is 19.7. The van der Waals surface area contributed by atoms with Crippen molar-refractivity contribution in [2.75, 3.05) is 26.7 Å². The van der Waals surface area contributed by atoms with Crippen LogP contribution >= 0.6 is 0 Å². The number of fused-ring (bicyclic) bond motifs is 1. The highest BCUT2D eigenvalue weighted by molar-refractivity contribution is 5.95. The molecular weight excluding hydrogens is 350 g/mol. The Morgan fingerprint density at radius 2 is 1.64 bits per heavy atom. The number of likely N-dealkylation sites (tertiary alicyclic amines) is 2. The van der Waals surface area contributed by atoms with Gasteiger partial charge in [0.15, 0.2) is 0 Å². The van der Waals surface area contributed by atoms with Gasteiger partial charge in [0, 0.05) is 31.5 Å². The summed E-state index contributed by atoms with van der Waals surface area (Å²) in [5.41, 5.74) is 1.39. The maximum atomic E-state index is 13.5. The molecule has 4 rings (SSSR count). The van der Waals surface area contributed by atoms with Crippen LogP contribution in [0.1, 0.15) is 35.3 Å². The van der Waals surface area contributed by atoms with Crippen molar-refractivity contribution in [2.45, 2.75) is 24.9 Å². The number of hydrogen-bond donors (Lipinski definition) is 1. The predicted molar refractivity (Wildman–Crippen MR) is 109 cm³/mol. The first kappa shape index (κ1) is 18.7. The Labute approximate surface area is 166 Å². The van der Waals surface area contributed by atoms with Gasteiger partial charge >= 0.3 is 0 Å². The zero-order valence-electron chi connectivity index (χ0n) is 16.5. The van der Waals surface area contributed by atoms with E-state index < -0.39 is 5.54 Å². The van der Waals surface area contributed by atoms with Crippen LogP contribution in [0.4, 0.5) is 0 Å². The fraction of sp³-hybridized carbons (Fsp3) is 0.391. The van der Waals surface area contributed by atoms with Crippen LogP contribution in [0.15, 0.2) is 60.7 Å². The Hall–Kier alpha value is -2.66. The fourth-order valence-electron chi connectivity index (χ4n) is 5.09. The second kappa shape index (κ2) is 7.40. The summed E-state index contributed by atoms with van der Waals surface area (Å²) in [5.74, 6) is 0.167. The second-order valence-corrected chi connectivity index (χ2v) is 8.12. The molecule has 2 aromatic rings. The number of carbonyl (C=O) groups excluding carboxylic acids is 2. The van der Waals surface area contributed by atoms with E-state index in [4.69, 9.17) is 0 Å². The van der Waals surface area contributed by atoms with Gasteiger partial charge in [0.05, 0.1) is 11.6 Å². The molecule has 0 bridgehead atoms. The van der Waals surface area contributed by atoms with Crippen molar-refractivity contribution < 1.29 is 9.59 Å². The second-order valence-electron chi connectivity index (χ2n) is 8.12. The first-order chi connectivity index (χ1) is 13.5. The number of rotatable bonds is 3. The van der Waals surface area contributed by atoms with Crippen molar-refractivity contribution in [3.63, 3.8) is 0 Å². The average Bonchev–Trinajstić information content (AvgIpc) is 3.01. The number of piperidine rings is 1. The van der Waals surface area contributed by atoms with E-state index in [0.29, 0.717) is 12.1 Å². The van der Waals surface area contributed by atoms with Crippen molar-refractivity contribution in [3.05, 3.63) is 71.8 Å². The Kier molecular flexibility index (Phi) is 4.94. The number of nitrogens with zero attached hydrogens (tertiary/aromatic N) is 2. The van der Waals surface area contributed by atoms with Gasteiger partial charge in [-0.05, 0) is 37.7 Å². The Bertz CT molecular complexity index is 855. The molecule has 0 saturated carbocycles. The van der Waals surface area contributed by atoms with Gasteiger partial charge in [0.1, 0.15) is 0 Å². The van der Waals surface area contributed by atoms with E-state index in [1.807, 2.05) is 53.4 Å². The summed E-state index contributed by atoms with van der Waals surface area (Å²) in [4.78, 5) is 29.8. The van der Waals surface area contributed by atoms with Gasteiger partial charge < -0.3 is 15.1 Å². The minimum atomic E-state index is -0.427. The monoisotopic (exact) mass is 377 g/mol. The summed E-state index contributed by atoms with van der Waals surface area (Å²) in [6.45, 7) is 3.80. The molecule has 5 heteroatoms. The lowest BCUT2D eigenvalue weighted by Gasteiger charge is -2.44. The summed E-state index contributed by atoms with van der Waals surface area (Å²) in [6.07, 6.45) is 0.939. The highest BCUT2D eigenvalue weighted by Crippen LogP contribution is 2.47. The first-order valence-electron chi connectivity index (χ1n) is 9.88. The quantitative estimate of drug-likeness (QED) is 0.895. The fourth-order valence-corrected chi connectivity index (χ4v) is 5.09. The Balaban J connectivity index is 1.79. The SMILES string of the molecule is CC(=O)N[C@@]12CN(C)CC[C@@H]1[C@@H](c1ccccc1)N(C(=O)c1ccccc1)C2. The number of amides is 2. The summed E-state index contributed by atoms with van der Waals surface area (Å²) < 4.78 is 0. The van der Waals surface area contributed by atoms with Crippen LogP contribution in [-0.4, -0.2) is 53.8 Å². The van der Waals surface area contributed by atoms with Gasteiger partial charge in [-0.1, -0.05) is 48.5 Å². The van der Waals surface area contributed by atoms with Crippen LogP contribution in [0.25, 0.3) is 0 Å². The molecule has 2 heterocycles.